The minimum atomic E-state index is -0.120. The smallest absolute Gasteiger partial charge is 0.229 e. The topological polar surface area (TPSA) is 64.1 Å². The fourth-order valence-electron chi connectivity index (χ4n) is 2.40. The number of nitrogens with one attached hydrogen (secondary N) is 1. The second-order valence-corrected chi connectivity index (χ2v) is 5.20. The zero-order valence-corrected chi connectivity index (χ0v) is 13.3. The number of benzene rings is 2. The second-order valence-electron chi connectivity index (χ2n) is 5.20. The van der Waals surface area contributed by atoms with Crippen molar-refractivity contribution < 1.29 is 9.53 Å². The number of carbonyl (C=O) groups is 1. The van der Waals surface area contributed by atoms with E-state index in [0.717, 1.165) is 16.9 Å². The normalized spacial score (nSPS) is 10.2. The Morgan fingerprint density at radius 1 is 1.04 bits per heavy atom. The van der Waals surface area contributed by atoms with Crippen LogP contribution in [0.25, 0.3) is 11.3 Å². The van der Waals surface area contributed by atoms with Crippen LogP contribution in [0.3, 0.4) is 0 Å². The van der Waals surface area contributed by atoms with E-state index in [1.54, 1.807) is 13.2 Å². The van der Waals surface area contributed by atoms with Crippen molar-refractivity contribution in [2.45, 2.75) is 6.42 Å². The molecule has 0 saturated heterocycles. The van der Waals surface area contributed by atoms with E-state index in [0.29, 0.717) is 17.9 Å². The first-order valence-corrected chi connectivity index (χ1v) is 7.55. The summed E-state index contributed by atoms with van der Waals surface area (Å²) in [5.41, 5.74) is 2.49. The molecule has 0 bridgehead atoms. The Labute approximate surface area is 140 Å². The van der Waals surface area contributed by atoms with Crippen molar-refractivity contribution in [3.05, 3.63) is 72.6 Å². The van der Waals surface area contributed by atoms with Crippen molar-refractivity contribution >= 4 is 11.7 Å². The minimum absolute atomic E-state index is 0.120. The van der Waals surface area contributed by atoms with Gasteiger partial charge >= 0.3 is 0 Å². The summed E-state index contributed by atoms with van der Waals surface area (Å²) >= 11 is 0. The Bertz CT molecular complexity index is 835. The lowest BCUT2D eigenvalue weighted by Crippen LogP contribution is -2.15. The van der Waals surface area contributed by atoms with Crippen molar-refractivity contribution in [1.29, 1.82) is 0 Å². The van der Waals surface area contributed by atoms with E-state index in [2.05, 4.69) is 15.3 Å². The molecule has 0 spiro atoms. The minimum Gasteiger partial charge on any atom is -0.496 e. The van der Waals surface area contributed by atoms with Gasteiger partial charge in [0.2, 0.25) is 5.91 Å². The van der Waals surface area contributed by atoms with Crippen molar-refractivity contribution in [1.82, 2.24) is 9.97 Å². The Hall–Kier alpha value is -3.21. The molecule has 2 aromatic carbocycles. The van der Waals surface area contributed by atoms with Crippen molar-refractivity contribution in [2.75, 3.05) is 12.4 Å². The molecule has 0 radical (unpaired) electrons. The van der Waals surface area contributed by atoms with Gasteiger partial charge in [-0.3, -0.25) is 4.79 Å². The highest BCUT2D eigenvalue weighted by atomic mass is 16.5. The van der Waals surface area contributed by atoms with Gasteiger partial charge in [-0.1, -0.05) is 42.5 Å². The van der Waals surface area contributed by atoms with Crippen LogP contribution in [0.15, 0.2) is 67.0 Å². The Balaban J connectivity index is 1.77. The molecule has 0 saturated carbocycles. The van der Waals surface area contributed by atoms with Crippen LogP contribution < -0.4 is 10.1 Å². The van der Waals surface area contributed by atoms with E-state index in [4.69, 9.17) is 4.74 Å². The molecule has 24 heavy (non-hydrogen) atoms. The SMILES string of the molecule is COc1ccccc1-c1cc(NC(=O)Cc2ccccc2)ncn1. The number of hydrogen-bond acceptors (Lipinski definition) is 4. The molecule has 120 valence electrons. The zero-order chi connectivity index (χ0) is 16.8. The molecular formula is C19H17N3O2. The first kappa shape index (κ1) is 15.7. The van der Waals surface area contributed by atoms with Crippen LogP contribution in [-0.4, -0.2) is 23.0 Å². The number of methoxy groups -OCH3 is 1. The maximum absolute atomic E-state index is 12.2. The van der Waals surface area contributed by atoms with Crippen LogP contribution >= 0.6 is 0 Å². The van der Waals surface area contributed by atoms with Gasteiger partial charge in [-0.15, -0.1) is 0 Å². The average Bonchev–Trinajstić information content (AvgIpc) is 2.62. The average molecular weight is 319 g/mol. The lowest BCUT2D eigenvalue weighted by atomic mass is 10.1. The molecule has 0 aliphatic heterocycles. The zero-order valence-electron chi connectivity index (χ0n) is 13.3. The van der Waals surface area contributed by atoms with Gasteiger partial charge in [0, 0.05) is 11.6 Å². The summed E-state index contributed by atoms with van der Waals surface area (Å²) in [6.07, 6.45) is 1.73. The highest BCUT2D eigenvalue weighted by molar-refractivity contribution is 5.91. The molecular weight excluding hydrogens is 302 g/mol. The maximum Gasteiger partial charge on any atom is 0.229 e. The van der Waals surface area contributed by atoms with E-state index in [1.807, 2.05) is 54.6 Å². The quantitative estimate of drug-likeness (QED) is 0.783. The van der Waals surface area contributed by atoms with Gasteiger partial charge in [-0.05, 0) is 17.7 Å². The Morgan fingerprint density at radius 3 is 2.58 bits per heavy atom. The molecule has 1 heterocycles. The molecule has 3 aromatic rings. The maximum atomic E-state index is 12.2. The van der Waals surface area contributed by atoms with Gasteiger partial charge in [0.05, 0.1) is 19.2 Å². The van der Waals surface area contributed by atoms with Gasteiger partial charge in [0.1, 0.15) is 17.9 Å². The van der Waals surface area contributed by atoms with Crippen LogP contribution in [0.5, 0.6) is 5.75 Å². The van der Waals surface area contributed by atoms with E-state index in [9.17, 15) is 4.79 Å². The number of hydrogen-bond donors (Lipinski definition) is 1. The number of aromatic nitrogens is 2. The lowest BCUT2D eigenvalue weighted by Gasteiger charge is -2.09. The Morgan fingerprint density at radius 2 is 1.79 bits per heavy atom. The van der Waals surface area contributed by atoms with E-state index < -0.39 is 0 Å². The van der Waals surface area contributed by atoms with Gasteiger partial charge in [-0.2, -0.15) is 0 Å². The molecule has 0 unspecified atom stereocenters. The summed E-state index contributed by atoms with van der Waals surface area (Å²) < 4.78 is 5.35. The monoisotopic (exact) mass is 319 g/mol. The van der Waals surface area contributed by atoms with Crippen LogP contribution in [-0.2, 0) is 11.2 Å². The van der Waals surface area contributed by atoms with Gasteiger partial charge in [0.15, 0.2) is 0 Å². The lowest BCUT2D eigenvalue weighted by molar-refractivity contribution is -0.115. The standard InChI is InChI=1S/C19H17N3O2/c1-24-17-10-6-5-9-15(17)16-12-18(21-13-20-16)22-19(23)11-14-7-3-2-4-8-14/h2-10,12-13H,11H2,1H3,(H,20,21,22,23). The number of carbonyl (C=O) groups excluding carboxylic acids is 1. The molecule has 0 fully saturated rings. The molecule has 5 nitrogen and oxygen atoms in total. The van der Waals surface area contributed by atoms with E-state index >= 15 is 0 Å². The third-order valence-electron chi connectivity index (χ3n) is 3.53. The van der Waals surface area contributed by atoms with Gasteiger partial charge < -0.3 is 10.1 Å². The van der Waals surface area contributed by atoms with Crippen molar-refractivity contribution in [3.63, 3.8) is 0 Å². The van der Waals surface area contributed by atoms with Crippen molar-refractivity contribution in [2.24, 2.45) is 0 Å². The summed E-state index contributed by atoms with van der Waals surface area (Å²) in [4.78, 5) is 20.5. The van der Waals surface area contributed by atoms with Crippen LogP contribution in [0, 0.1) is 0 Å². The summed E-state index contributed by atoms with van der Waals surface area (Å²) in [5, 5.41) is 2.81. The fraction of sp³-hybridized carbons (Fsp3) is 0.105. The highest BCUT2D eigenvalue weighted by Gasteiger charge is 2.09. The number of anilines is 1. The second kappa shape index (κ2) is 7.37. The third kappa shape index (κ3) is 3.76. The molecule has 1 N–H and O–H groups in total. The molecule has 5 heteroatoms. The van der Waals surface area contributed by atoms with Crippen LogP contribution in [0.2, 0.25) is 0 Å². The number of amides is 1. The van der Waals surface area contributed by atoms with Crippen LogP contribution in [0.1, 0.15) is 5.56 Å². The van der Waals surface area contributed by atoms with Crippen LogP contribution in [0.4, 0.5) is 5.82 Å². The fourth-order valence-corrected chi connectivity index (χ4v) is 2.40. The Kier molecular flexibility index (Phi) is 4.81. The summed E-state index contributed by atoms with van der Waals surface area (Å²) in [6.45, 7) is 0. The third-order valence-corrected chi connectivity index (χ3v) is 3.53. The van der Waals surface area contributed by atoms with Gasteiger partial charge in [0.25, 0.3) is 0 Å². The number of para-hydroxylation sites is 1. The number of rotatable bonds is 5. The van der Waals surface area contributed by atoms with Gasteiger partial charge in [-0.25, -0.2) is 9.97 Å². The summed E-state index contributed by atoms with van der Waals surface area (Å²) in [7, 11) is 1.61. The predicted molar refractivity (Wildman–Crippen MR) is 92.8 cm³/mol. The summed E-state index contributed by atoms with van der Waals surface area (Å²) in [5.74, 6) is 1.07. The predicted octanol–water partition coefficient (Wildman–Crippen LogP) is 3.33. The first-order chi connectivity index (χ1) is 11.8. The number of ether oxygens (including phenoxy) is 1. The highest BCUT2D eigenvalue weighted by Crippen LogP contribution is 2.28. The number of nitrogens with zero attached hydrogens (tertiary/aromatic N) is 2. The molecule has 0 aliphatic rings. The molecule has 0 aliphatic carbocycles. The van der Waals surface area contributed by atoms with E-state index in [1.165, 1.54) is 6.33 Å². The molecule has 3 rings (SSSR count). The molecule has 0 atom stereocenters. The largest absolute Gasteiger partial charge is 0.496 e. The molecule has 1 amide bonds. The molecule has 1 aromatic heterocycles. The van der Waals surface area contributed by atoms with E-state index in [-0.39, 0.29) is 5.91 Å². The summed E-state index contributed by atoms with van der Waals surface area (Å²) in [6, 6.07) is 18.9. The van der Waals surface area contributed by atoms with Crippen molar-refractivity contribution in [3.8, 4) is 17.0 Å². The first-order valence-electron chi connectivity index (χ1n) is 7.55.